The monoisotopic (exact) mass is 397 g/mol. The quantitative estimate of drug-likeness (QED) is 0.785. The Balaban J connectivity index is 1.53. The van der Waals surface area contributed by atoms with Crippen LogP contribution >= 0.6 is 12.2 Å². The Kier molecular flexibility index (Phi) is 7.01. The number of carbonyl (C=O) groups excluding carboxylic acids is 1. The lowest BCUT2D eigenvalue weighted by atomic mass is 10.2. The number of nitrogens with one attached hydrogen (secondary N) is 1. The minimum absolute atomic E-state index is 0.00130. The molecule has 1 amide bonds. The highest BCUT2D eigenvalue weighted by molar-refractivity contribution is 7.80. The van der Waals surface area contributed by atoms with Gasteiger partial charge in [-0.2, -0.15) is 0 Å². The Labute approximate surface area is 172 Å². The van der Waals surface area contributed by atoms with Crippen LogP contribution < -0.4 is 10.1 Å². The van der Waals surface area contributed by atoms with Crippen LogP contribution in [-0.4, -0.2) is 53.1 Å². The number of piperazine rings is 1. The van der Waals surface area contributed by atoms with Crippen LogP contribution in [0.5, 0.6) is 5.75 Å². The van der Waals surface area contributed by atoms with Crippen LogP contribution in [0, 0.1) is 0 Å². The standard InChI is InChI=1S/C22H27N3O2S/c1-17(2)27-20-11-7-6-10-19(20)21(26)23-22(28)25-14-12-24(13-15-25)16-18-8-4-3-5-9-18/h3-11,17H,12-16H2,1-2H3,(H,23,26,28). The molecular formula is C22H27N3O2S. The number of amides is 1. The molecule has 0 aromatic heterocycles. The van der Waals surface area contributed by atoms with Gasteiger partial charge >= 0.3 is 0 Å². The second-order valence-electron chi connectivity index (χ2n) is 7.17. The van der Waals surface area contributed by atoms with Crippen molar-refractivity contribution in [2.75, 3.05) is 26.2 Å². The number of hydrogen-bond donors (Lipinski definition) is 1. The van der Waals surface area contributed by atoms with Crippen LogP contribution in [0.15, 0.2) is 54.6 Å². The average Bonchev–Trinajstić information content (AvgIpc) is 2.69. The van der Waals surface area contributed by atoms with Gasteiger partial charge in [0.2, 0.25) is 0 Å². The van der Waals surface area contributed by atoms with E-state index in [1.165, 1.54) is 5.56 Å². The highest BCUT2D eigenvalue weighted by Crippen LogP contribution is 2.19. The highest BCUT2D eigenvalue weighted by atomic mass is 32.1. The van der Waals surface area contributed by atoms with Gasteiger partial charge in [-0.1, -0.05) is 42.5 Å². The molecule has 1 fully saturated rings. The smallest absolute Gasteiger partial charge is 0.261 e. The van der Waals surface area contributed by atoms with Gasteiger partial charge in [0.15, 0.2) is 5.11 Å². The van der Waals surface area contributed by atoms with E-state index in [-0.39, 0.29) is 12.0 Å². The number of thiocarbonyl (C=S) groups is 1. The fraction of sp³-hybridized carbons (Fsp3) is 0.364. The summed E-state index contributed by atoms with van der Waals surface area (Å²) in [7, 11) is 0. The third-order valence-electron chi connectivity index (χ3n) is 4.62. The highest BCUT2D eigenvalue weighted by Gasteiger charge is 2.21. The summed E-state index contributed by atoms with van der Waals surface area (Å²) in [4.78, 5) is 17.2. The van der Waals surface area contributed by atoms with Crippen LogP contribution in [0.4, 0.5) is 0 Å². The number of hydrogen-bond acceptors (Lipinski definition) is 4. The molecule has 2 aromatic carbocycles. The molecule has 0 saturated carbocycles. The summed E-state index contributed by atoms with van der Waals surface area (Å²) in [5.74, 6) is 0.346. The average molecular weight is 398 g/mol. The summed E-state index contributed by atoms with van der Waals surface area (Å²) < 4.78 is 5.74. The molecule has 1 aliphatic rings. The lowest BCUT2D eigenvalue weighted by Crippen LogP contribution is -2.52. The zero-order valence-corrected chi connectivity index (χ0v) is 17.2. The van der Waals surface area contributed by atoms with Gasteiger partial charge < -0.3 is 9.64 Å². The van der Waals surface area contributed by atoms with E-state index >= 15 is 0 Å². The first-order valence-corrected chi connectivity index (χ1v) is 10.1. The molecule has 1 saturated heterocycles. The lowest BCUT2D eigenvalue weighted by molar-refractivity contribution is 0.0963. The number of carbonyl (C=O) groups is 1. The fourth-order valence-electron chi connectivity index (χ4n) is 3.21. The second kappa shape index (κ2) is 9.66. The largest absolute Gasteiger partial charge is 0.490 e. The predicted octanol–water partition coefficient (Wildman–Crippen LogP) is 3.31. The Morgan fingerprint density at radius 3 is 2.36 bits per heavy atom. The molecule has 2 aromatic rings. The molecule has 0 radical (unpaired) electrons. The van der Waals surface area contributed by atoms with E-state index < -0.39 is 0 Å². The zero-order valence-electron chi connectivity index (χ0n) is 16.4. The van der Waals surface area contributed by atoms with Gasteiger partial charge in [-0.05, 0) is 43.8 Å². The van der Waals surface area contributed by atoms with E-state index in [9.17, 15) is 4.79 Å². The molecule has 3 rings (SSSR count). The van der Waals surface area contributed by atoms with E-state index in [2.05, 4.69) is 39.4 Å². The van der Waals surface area contributed by atoms with Crippen molar-refractivity contribution in [2.45, 2.75) is 26.5 Å². The van der Waals surface area contributed by atoms with Gasteiger partial charge in [0.1, 0.15) is 5.75 Å². The van der Waals surface area contributed by atoms with Crippen LogP contribution in [0.1, 0.15) is 29.8 Å². The van der Waals surface area contributed by atoms with Crippen LogP contribution in [-0.2, 0) is 6.54 Å². The molecule has 1 heterocycles. The van der Waals surface area contributed by atoms with E-state index in [1.807, 2.05) is 32.0 Å². The van der Waals surface area contributed by atoms with E-state index in [1.54, 1.807) is 12.1 Å². The topological polar surface area (TPSA) is 44.8 Å². The maximum Gasteiger partial charge on any atom is 0.261 e. The van der Waals surface area contributed by atoms with E-state index in [0.29, 0.717) is 16.4 Å². The van der Waals surface area contributed by atoms with Gasteiger partial charge in [-0.25, -0.2) is 0 Å². The molecule has 0 spiro atoms. The lowest BCUT2D eigenvalue weighted by Gasteiger charge is -2.36. The fourth-order valence-corrected chi connectivity index (χ4v) is 3.48. The number of rotatable bonds is 5. The molecule has 0 atom stereocenters. The van der Waals surface area contributed by atoms with Gasteiger partial charge in [0.05, 0.1) is 11.7 Å². The first-order chi connectivity index (χ1) is 13.5. The third kappa shape index (κ3) is 5.53. The Bertz CT molecular complexity index is 802. The molecule has 0 bridgehead atoms. The summed E-state index contributed by atoms with van der Waals surface area (Å²) in [6.07, 6.45) is -0.00130. The van der Waals surface area contributed by atoms with Gasteiger partial charge in [0.25, 0.3) is 5.91 Å². The summed E-state index contributed by atoms with van der Waals surface area (Å²) in [6.45, 7) is 8.25. The Hall–Kier alpha value is -2.44. The minimum atomic E-state index is -0.229. The maximum atomic E-state index is 12.7. The van der Waals surface area contributed by atoms with Crippen LogP contribution in [0.25, 0.3) is 0 Å². The van der Waals surface area contributed by atoms with E-state index in [4.69, 9.17) is 17.0 Å². The van der Waals surface area contributed by atoms with Crippen molar-refractivity contribution in [3.05, 3.63) is 65.7 Å². The first-order valence-electron chi connectivity index (χ1n) is 9.65. The molecule has 0 aliphatic carbocycles. The van der Waals surface area contributed by atoms with Gasteiger partial charge in [-0.3, -0.25) is 15.0 Å². The van der Waals surface area contributed by atoms with Crippen molar-refractivity contribution >= 4 is 23.2 Å². The number of nitrogens with zero attached hydrogens (tertiary/aromatic N) is 2. The molecular weight excluding hydrogens is 370 g/mol. The second-order valence-corrected chi connectivity index (χ2v) is 7.56. The van der Waals surface area contributed by atoms with Crippen LogP contribution in [0.3, 0.4) is 0 Å². The number of ether oxygens (including phenoxy) is 1. The molecule has 5 nitrogen and oxygen atoms in total. The first kappa shape index (κ1) is 20.3. The molecule has 28 heavy (non-hydrogen) atoms. The van der Waals surface area contributed by atoms with Crippen molar-refractivity contribution in [2.24, 2.45) is 0 Å². The number of benzene rings is 2. The molecule has 148 valence electrons. The maximum absolute atomic E-state index is 12.7. The summed E-state index contributed by atoms with van der Waals surface area (Å²) >= 11 is 5.48. The van der Waals surface area contributed by atoms with Crippen molar-refractivity contribution in [1.29, 1.82) is 0 Å². The van der Waals surface area contributed by atoms with Crippen molar-refractivity contribution in [1.82, 2.24) is 15.1 Å². The SMILES string of the molecule is CC(C)Oc1ccccc1C(=O)NC(=S)N1CCN(Cc2ccccc2)CC1. The van der Waals surface area contributed by atoms with Gasteiger partial charge in [-0.15, -0.1) is 0 Å². The molecule has 1 aliphatic heterocycles. The molecule has 0 unspecified atom stereocenters. The minimum Gasteiger partial charge on any atom is -0.490 e. The zero-order chi connectivity index (χ0) is 19.9. The molecule has 1 N–H and O–H groups in total. The van der Waals surface area contributed by atoms with Gasteiger partial charge in [0, 0.05) is 32.7 Å². The summed E-state index contributed by atoms with van der Waals surface area (Å²) in [5, 5.41) is 3.34. The predicted molar refractivity (Wildman–Crippen MR) is 116 cm³/mol. The van der Waals surface area contributed by atoms with E-state index in [0.717, 1.165) is 32.7 Å². The van der Waals surface area contributed by atoms with Crippen molar-refractivity contribution < 1.29 is 9.53 Å². The number of para-hydroxylation sites is 1. The Morgan fingerprint density at radius 2 is 1.68 bits per heavy atom. The molecule has 6 heteroatoms. The van der Waals surface area contributed by atoms with Crippen LogP contribution in [0.2, 0.25) is 0 Å². The van der Waals surface area contributed by atoms with Crippen molar-refractivity contribution in [3.63, 3.8) is 0 Å². The van der Waals surface area contributed by atoms with Crippen molar-refractivity contribution in [3.8, 4) is 5.75 Å². The Morgan fingerprint density at radius 1 is 1.04 bits per heavy atom. The summed E-state index contributed by atoms with van der Waals surface area (Å²) in [5.41, 5.74) is 1.81. The summed E-state index contributed by atoms with van der Waals surface area (Å²) in [6, 6.07) is 17.7. The third-order valence-corrected chi connectivity index (χ3v) is 4.98. The normalized spacial score (nSPS) is 14.8.